The maximum Gasteiger partial charge on any atom is 0.416 e. The molecule has 84 valence electrons. The highest BCUT2D eigenvalue weighted by molar-refractivity contribution is 5.32. The first-order valence-electron chi connectivity index (χ1n) is 4.41. The average molecular weight is 222 g/mol. The van der Waals surface area contributed by atoms with Crippen LogP contribution in [0, 0.1) is 5.82 Å². The number of hydrogen-bond donors (Lipinski definition) is 1. The monoisotopic (exact) mass is 222 g/mol. The van der Waals surface area contributed by atoms with Crippen molar-refractivity contribution in [2.24, 2.45) is 0 Å². The van der Waals surface area contributed by atoms with E-state index < -0.39 is 29.2 Å². The van der Waals surface area contributed by atoms with Gasteiger partial charge < -0.3 is 5.11 Å². The molecule has 0 aliphatic heterocycles. The Kier molecular flexibility index (Phi) is 3.34. The van der Waals surface area contributed by atoms with Crippen LogP contribution in [0.4, 0.5) is 17.6 Å². The lowest BCUT2D eigenvalue weighted by molar-refractivity contribution is -0.139. The second-order valence-electron chi connectivity index (χ2n) is 3.12. The highest BCUT2D eigenvalue weighted by atomic mass is 19.4. The van der Waals surface area contributed by atoms with E-state index in [2.05, 4.69) is 0 Å². The number of hydrogen-bond acceptors (Lipinski definition) is 1. The second-order valence-corrected chi connectivity index (χ2v) is 3.12. The van der Waals surface area contributed by atoms with Crippen molar-refractivity contribution in [3.8, 4) is 0 Å². The summed E-state index contributed by atoms with van der Waals surface area (Å²) < 4.78 is 50.5. The molecule has 1 rings (SSSR count). The van der Waals surface area contributed by atoms with E-state index in [1.165, 1.54) is 6.92 Å². The van der Waals surface area contributed by atoms with Gasteiger partial charge in [-0.05, 0) is 18.6 Å². The van der Waals surface area contributed by atoms with Gasteiger partial charge in [0.15, 0.2) is 0 Å². The predicted molar refractivity (Wildman–Crippen MR) is 46.7 cm³/mol. The third-order valence-electron chi connectivity index (χ3n) is 2.08. The summed E-state index contributed by atoms with van der Waals surface area (Å²) in [7, 11) is 0. The minimum atomic E-state index is -4.65. The van der Waals surface area contributed by atoms with Gasteiger partial charge in [-0.25, -0.2) is 4.39 Å². The molecule has 0 amide bonds. The van der Waals surface area contributed by atoms with Gasteiger partial charge in [-0.15, -0.1) is 0 Å². The Morgan fingerprint density at radius 3 is 2.40 bits per heavy atom. The Bertz CT molecular complexity index is 346. The van der Waals surface area contributed by atoms with Gasteiger partial charge in [0.1, 0.15) is 5.82 Å². The van der Waals surface area contributed by atoms with Gasteiger partial charge in [-0.1, -0.05) is 13.0 Å². The Balaban J connectivity index is 3.33. The van der Waals surface area contributed by atoms with Crippen LogP contribution in [0.5, 0.6) is 0 Å². The van der Waals surface area contributed by atoms with Crippen molar-refractivity contribution in [2.75, 3.05) is 0 Å². The Morgan fingerprint density at radius 2 is 1.93 bits per heavy atom. The first-order chi connectivity index (χ1) is 6.88. The minimum Gasteiger partial charge on any atom is -0.388 e. The number of aliphatic hydroxyl groups excluding tert-OH is 1. The summed E-state index contributed by atoms with van der Waals surface area (Å²) in [6, 6.07) is 2.64. The number of benzene rings is 1. The molecule has 1 atom stereocenters. The van der Waals surface area contributed by atoms with Crippen molar-refractivity contribution in [3.63, 3.8) is 0 Å². The quantitative estimate of drug-likeness (QED) is 0.761. The summed E-state index contributed by atoms with van der Waals surface area (Å²) in [4.78, 5) is 0. The molecule has 5 heteroatoms. The smallest absolute Gasteiger partial charge is 0.388 e. The molecule has 0 aliphatic carbocycles. The first kappa shape index (κ1) is 12.0. The highest BCUT2D eigenvalue weighted by Gasteiger charge is 2.36. The van der Waals surface area contributed by atoms with Gasteiger partial charge in [-0.3, -0.25) is 0 Å². The topological polar surface area (TPSA) is 20.2 Å². The molecule has 0 spiro atoms. The molecule has 0 saturated carbocycles. The zero-order valence-corrected chi connectivity index (χ0v) is 7.98. The third kappa shape index (κ3) is 2.47. The lowest BCUT2D eigenvalue weighted by Gasteiger charge is -2.16. The Labute approximate surface area is 84.3 Å². The minimum absolute atomic E-state index is 0.0318. The zero-order valence-electron chi connectivity index (χ0n) is 7.98. The van der Waals surface area contributed by atoms with E-state index >= 15 is 0 Å². The van der Waals surface area contributed by atoms with Crippen molar-refractivity contribution in [3.05, 3.63) is 35.1 Å². The number of alkyl halides is 3. The summed E-state index contributed by atoms with van der Waals surface area (Å²) in [5, 5.41) is 9.31. The highest BCUT2D eigenvalue weighted by Crippen LogP contribution is 2.36. The van der Waals surface area contributed by atoms with Crippen molar-refractivity contribution in [2.45, 2.75) is 25.6 Å². The van der Waals surface area contributed by atoms with E-state index in [0.717, 1.165) is 18.2 Å². The molecule has 1 nitrogen and oxygen atoms in total. The van der Waals surface area contributed by atoms with E-state index in [1.54, 1.807) is 0 Å². The molecular formula is C10H10F4O. The van der Waals surface area contributed by atoms with Crippen molar-refractivity contribution in [1.29, 1.82) is 0 Å². The van der Waals surface area contributed by atoms with E-state index in [1.807, 2.05) is 0 Å². The van der Waals surface area contributed by atoms with E-state index in [4.69, 9.17) is 0 Å². The molecule has 0 bridgehead atoms. The molecule has 0 heterocycles. The maximum absolute atomic E-state index is 13.2. The second kappa shape index (κ2) is 4.18. The SMILES string of the molecule is CCC(O)c1c(F)cccc1C(F)(F)F. The fourth-order valence-electron chi connectivity index (χ4n) is 1.33. The number of rotatable bonds is 2. The average Bonchev–Trinajstić information content (AvgIpc) is 2.15. The van der Waals surface area contributed by atoms with Gasteiger partial charge in [0.2, 0.25) is 0 Å². The largest absolute Gasteiger partial charge is 0.416 e. The Hall–Kier alpha value is -1.10. The van der Waals surface area contributed by atoms with Crippen LogP contribution in [0.3, 0.4) is 0 Å². The van der Waals surface area contributed by atoms with Crippen LogP contribution < -0.4 is 0 Å². The molecule has 1 unspecified atom stereocenters. The molecule has 0 saturated heterocycles. The first-order valence-corrected chi connectivity index (χ1v) is 4.41. The Morgan fingerprint density at radius 1 is 1.33 bits per heavy atom. The lowest BCUT2D eigenvalue weighted by atomic mass is 9.99. The molecule has 1 aromatic carbocycles. The van der Waals surface area contributed by atoms with Gasteiger partial charge >= 0.3 is 6.18 Å². The van der Waals surface area contributed by atoms with Crippen molar-refractivity contribution >= 4 is 0 Å². The van der Waals surface area contributed by atoms with Crippen molar-refractivity contribution in [1.82, 2.24) is 0 Å². The van der Waals surface area contributed by atoms with Crippen LogP contribution in [0.1, 0.15) is 30.6 Å². The van der Waals surface area contributed by atoms with Crippen LogP contribution in [0.2, 0.25) is 0 Å². The molecule has 0 fully saturated rings. The fourth-order valence-corrected chi connectivity index (χ4v) is 1.33. The summed E-state index contributed by atoms with van der Waals surface area (Å²) in [6.07, 6.45) is -6.04. The molecule has 0 radical (unpaired) electrons. The molecule has 1 aromatic rings. The summed E-state index contributed by atoms with van der Waals surface area (Å²) >= 11 is 0. The molecule has 0 aliphatic rings. The van der Waals surface area contributed by atoms with Gasteiger partial charge in [-0.2, -0.15) is 13.2 Å². The maximum atomic E-state index is 13.2. The van der Waals surface area contributed by atoms with Crippen LogP contribution in [-0.4, -0.2) is 5.11 Å². The van der Waals surface area contributed by atoms with Gasteiger partial charge in [0, 0.05) is 5.56 Å². The normalized spacial score (nSPS) is 14.0. The van der Waals surface area contributed by atoms with E-state index in [-0.39, 0.29) is 6.42 Å². The van der Waals surface area contributed by atoms with Crippen LogP contribution >= 0.6 is 0 Å². The summed E-state index contributed by atoms with van der Waals surface area (Å²) in [5.41, 5.74) is -1.79. The van der Waals surface area contributed by atoms with E-state index in [0.29, 0.717) is 0 Å². The third-order valence-corrected chi connectivity index (χ3v) is 2.08. The van der Waals surface area contributed by atoms with Crippen LogP contribution in [0.15, 0.2) is 18.2 Å². The zero-order chi connectivity index (χ0) is 11.6. The fraction of sp³-hybridized carbons (Fsp3) is 0.400. The number of halogens is 4. The molecule has 15 heavy (non-hydrogen) atoms. The predicted octanol–water partition coefficient (Wildman–Crippen LogP) is 3.29. The lowest BCUT2D eigenvalue weighted by Crippen LogP contribution is -2.13. The number of aliphatic hydroxyl groups is 1. The standard InChI is InChI=1S/C10H10F4O/c1-2-8(15)9-6(10(12,13)14)4-3-5-7(9)11/h3-5,8,15H,2H2,1H3. The molecule has 0 aromatic heterocycles. The van der Waals surface area contributed by atoms with Gasteiger partial charge in [0.25, 0.3) is 0 Å². The summed E-state index contributed by atoms with van der Waals surface area (Å²) in [6.45, 7) is 1.48. The van der Waals surface area contributed by atoms with Crippen molar-refractivity contribution < 1.29 is 22.7 Å². The summed E-state index contributed by atoms with van der Waals surface area (Å²) in [5.74, 6) is -1.03. The van der Waals surface area contributed by atoms with Gasteiger partial charge in [0.05, 0.1) is 11.7 Å². The van der Waals surface area contributed by atoms with Crippen LogP contribution in [-0.2, 0) is 6.18 Å². The van der Waals surface area contributed by atoms with E-state index in [9.17, 15) is 22.7 Å². The molecular weight excluding hydrogens is 212 g/mol. The molecule has 1 N–H and O–H groups in total. The van der Waals surface area contributed by atoms with Crippen LogP contribution in [0.25, 0.3) is 0 Å².